The quantitative estimate of drug-likeness (QED) is 0.656. The minimum atomic E-state index is -0.377. The van der Waals surface area contributed by atoms with E-state index in [0.29, 0.717) is 37.7 Å². The summed E-state index contributed by atoms with van der Waals surface area (Å²) in [4.78, 5) is 4.28. The molecule has 19 heavy (non-hydrogen) atoms. The van der Waals surface area contributed by atoms with Crippen LogP contribution in [0.4, 0.5) is 10.1 Å². The van der Waals surface area contributed by atoms with Crippen LogP contribution in [0.3, 0.4) is 0 Å². The minimum Gasteiger partial charge on any atom is -0.436 e. The monoisotopic (exact) mass is 340 g/mol. The van der Waals surface area contributed by atoms with Crippen molar-refractivity contribution in [3.63, 3.8) is 0 Å². The van der Waals surface area contributed by atoms with E-state index in [9.17, 15) is 4.39 Å². The van der Waals surface area contributed by atoms with Gasteiger partial charge in [0.15, 0.2) is 5.58 Å². The normalized spacial score (nSPS) is 11.1. The van der Waals surface area contributed by atoms with Crippen molar-refractivity contribution in [2.24, 2.45) is 0 Å². The number of hydrogen-bond acceptors (Lipinski definition) is 3. The number of aromatic nitrogens is 1. The third-order valence-electron chi connectivity index (χ3n) is 2.69. The van der Waals surface area contributed by atoms with E-state index in [-0.39, 0.29) is 5.82 Å². The molecule has 2 aromatic carbocycles. The molecule has 0 aliphatic carbocycles. The third kappa shape index (κ3) is 2.09. The van der Waals surface area contributed by atoms with Crippen molar-refractivity contribution in [3.8, 4) is 11.5 Å². The Hall–Kier alpha value is -1.59. The van der Waals surface area contributed by atoms with Crippen LogP contribution in [-0.4, -0.2) is 4.98 Å². The number of anilines is 1. The average Bonchev–Trinajstić information content (AvgIpc) is 2.76. The van der Waals surface area contributed by atoms with Gasteiger partial charge >= 0.3 is 0 Å². The molecule has 0 spiro atoms. The Bertz CT molecular complexity index is 749. The summed E-state index contributed by atoms with van der Waals surface area (Å²) >= 11 is 9.10. The van der Waals surface area contributed by atoms with E-state index in [1.165, 1.54) is 6.07 Å². The number of benzene rings is 2. The molecule has 3 rings (SSSR count). The van der Waals surface area contributed by atoms with Crippen molar-refractivity contribution < 1.29 is 8.81 Å². The van der Waals surface area contributed by atoms with E-state index in [4.69, 9.17) is 21.8 Å². The first-order chi connectivity index (χ1) is 9.06. The maximum Gasteiger partial charge on any atom is 0.228 e. The van der Waals surface area contributed by atoms with E-state index in [2.05, 4.69) is 20.9 Å². The van der Waals surface area contributed by atoms with E-state index in [0.717, 1.165) is 0 Å². The summed E-state index contributed by atoms with van der Waals surface area (Å²) in [7, 11) is 0. The molecule has 1 aromatic heterocycles. The van der Waals surface area contributed by atoms with Crippen molar-refractivity contribution in [1.82, 2.24) is 4.98 Å². The highest BCUT2D eigenvalue weighted by Crippen LogP contribution is 2.33. The van der Waals surface area contributed by atoms with Gasteiger partial charge in [-0.05, 0) is 34.1 Å². The number of nitrogen functional groups attached to an aromatic ring is 1. The molecular weight excluding hydrogens is 335 g/mol. The lowest BCUT2D eigenvalue weighted by Gasteiger charge is -1.99. The van der Waals surface area contributed by atoms with Gasteiger partial charge in [0.25, 0.3) is 0 Å². The molecule has 0 saturated carbocycles. The predicted molar refractivity (Wildman–Crippen MR) is 76.5 cm³/mol. The van der Waals surface area contributed by atoms with Crippen LogP contribution < -0.4 is 5.73 Å². The second kappa shape index (κ2) is 4.51. The molecule has 0 aliphatic rings. The zero-order chi connectivity index (χ0) is 13.6. The second-order valence-electron chi connectivity index (χ2n) is 3.96. The summed E-state index contributed by atoms with van der Waals surface area (Å²) in [5, 5.41) is 0.408. The summed E-state index contributed by atoms with van der Waals surface area (Å²) in [5.41, 5.74) is 7.73. The molecule has 2 N–H and O–H groups in total. The minimum absolute atomic E-state index is 0.306. The molecule has 6 heteroatoms. The summed E-state index contributed by atoms with van der Waals surface area (Å²) in [6.45, 7) is 0. The number of nitrogens with two attached hydrogens (primary N) is 1. The fourth-order valence-corrected chi connectivity index (χ4v) is 2.34. The van der Waals surface area contributed by atoms with Gasteiger partial charge in [0.1, 0.15) is 11.3 Å². The highest BCUT2D eigenvalue weighted by Gasteiger charge is 2.14. The van der Waals surface area contributed by atoms with Crippen molar-refractivity contribution in [1.29, 1.82) is 0 Å². The van der Waals surface area contributed by atoms with E-state index in [1.54, 1.807) is 24.3 Å². The van der Waals surface area contributed by atoms with E-state index in [1.807, 2.05) is 0 Å². The predicted octanol–water partition coefficient (Wildman–Crippen LogP) is 4.63. The molecule has 0 atom stereocenters. The van der Waals surface area contributed by atoms with Gasteiger partial charge in [-0.1, -0.05) is 17.7 Å². The number of fused-ring (bicyclic) bond motifs is 1. The van der Waals surface area contributed by atoms with Crippen molar-refractivity contribution >= 4 is 44.3 Å². The molecule has 0 unspecified atom stereocenters. The van der Waals surface area contributed by atoms with E-state index < -0.39 is 0 Å². The van der Waals surface area contributed by atoms with Gasteiger partial charge in [0.2, 0.25) is 5.89 Å². The second-order valence-corrected chi connectivity index (χ2v) is 5.16. The Morgan fingerprint density at radius 3 is 2.89 bits per heavy atom. The maximum atomic E-state index is 13.5. The molecule has 0 bridgehead atoms. The first-order valence-corrected chi connectivity index (χ1v) is 6.53. The van der Waals surface area contributed by atoms with Crippen LogP contribution in [0.15, 0.2) is 39.2 Å². The first-order valence-electron chi connectivity index (χ1n) is 5.36. The maximum absolute atomic E-state index is 13.5. The highest BCUT2D eigenvalue weighted by atomic mass is 79.9. The van der Waals surface area contributed by atoms with E-state index >= 15 is 0 Å². The van der Waals surface area contributed by atoms with Gasteiger partial charge in [-0.25, -0.2) is 9.37 Å². The number of halogens is 3. The van der Waals surface area contributed by atoms with Crippen LogP contribution in [0.2, 0.25) is 5.02 Å². The largest absolute Gasteiger partial charge is 0.436 e. The van der Waals surface area contributed by atoms with Crippen LogP contribution in [0.5, 0.6) is 0 Å². The fourth-order valence-electron chi connectivity index (χ4n) is 1.75. The van der Waals surface area contributed by atoms with Crippen molar-refractivity contribution in [3.05, 3.63) is 45.6 Å². The highest BCUT2D eigenvalue weighted by molar-refractivity contribution is 9.10. The van der Waals surface area contributed by atoms with Gasteiger partial charge < -0.3 is 10.2 Å². The molecule has 1 heterocycles. The standard InChI is InChI=1S/C13H7BrClFN2O/c14-12-6(2-1-3-8(12)16)13-18-10-4-7(15)9(17)5-11(10)19-13/h1-5H,17H2. The average molecular weight is 342 g/mol. The lowest BCUT2D eigenvalue weighted by atomic mass is 10.2. The van der Waals surface area contributed by atoms with Crippen molar-refractivity contribution in [2.45, 2.75) is 0 Å². The molecule has 3 aromatic rings. The Morgan fingerprint density at radius 2 is 2.11 bits per heavy atom. The Balaban J connectivity index is 2.23. The summed E-state index contributed by atoms with van der Waals surface area (Å²) in [6, 6.07) is 7.87. The van der Waals surface area contributed by atoms with Gasteiger partial charge in [0.05, 0.1) is 20.7 Å². The lowest BCUT2D eigenvalue weighted by molar-refractivity contribution is 0.607. The van der Waals surface area contributed by atoms with Crippen molar-refractivity contribution in [2.75, 3.05) is 5.73 Å². The number of rotatable bonds is 1. The summed E-state index contributed by atoms with van der Waals surface area (Å²) < 4.78 is 19.4. The fraction of sp³-hybridized carbons (Fsp3) is 0. The van der Waals surface area contributed by atoms with Gasteiger partial charge in [0, 0.05) is 6.07 Å². The van der Waals surface area contributed by atoms with Gasteiger partial charge in [-0.2, -0.15) is 0 Å². The molecule has 0 radical (unpaired) electrons. The first kappa shape index (κ1) is 12.4. The molecule has 0 fully saturated rings. The number of hydrogen-bond donors (Lipinski definition) is 1. The topological polar surface area (TPSA) is 52.0 Å². The van der Waals surface area contributed by atoms with Crippen LogP contribution in [0, 0.1) is 5.82 Å². The lowest BCUT2D eigenvalue weighted by Crippen LogP contribution is -1.85. The molecule has 0 aliphatic heterocycles. The molecular formula is C13H7BrClFN2O. The van der Waals surface area contributed by atoms with Crippen LogP contribution >= 0.6 is 27.5 Å². The Labute approximate surface area is 121 Å². The van der Waals surface area contributed by atoms with Crippen LogP contribution in [0.25, 0.3) is 22.6 Å². The summed E-state index contributed by atoms with van der Waals surface area (Å²) in [6.07, 6.45) is 0. The number of nitrogens with zero attached hydrogens (tertiary/aromatic N) is 1. The SMILES string of the molecule is Nc1cc2oc(-c3cccc(F)c3Br)nc2cc1Cl. The van der Waals surface area contributed by atoms with Crippen LogP contribution in [0.1, 0.15) is 0 Å². The molecule has 0 saturated heterocycles. The van der Waals surface area contributed by atoms with Gasteiger partial charge in [-0.15, -0.1) is 0 Å². The number of oxazole rings is 1. The summed E-state index contributed by atoms with van der Waals surface area (Å²) in [5.74, 6) is -0.0691. The van der Waals surface area contributed by atoms with Gasteiger partial charge in [-0.3, -0.25) is 0 Å². The zero-order valence-corrected chi connectivity index (χ0v) is 11.8. The molecule has 0 amide bonds. The Kier molecular flexibility index (Phi) is 2.95. The zero-order valence-electron chi connectivity index (χ0n) is 9.45. The molecule has 3 nitrogen and oxygen atoms in total. The Morgan fingerprint density at radius 1 is 1.32 bits per heavy atom. The molecule has 96 valence electrons. The smallest absolute Gasteiger partial charge is 0.228 e. The third-order valence-corrected chi connectivity index (χ3v) is 3.82. The van der Waals surface area contributed by atoms with Crippen LogP contribution in [-0.2, 0) is 0 Å².